The van der Waals surface area contributed by atoms with E-state index in [1.807, 2.05) is 61.7 Å². The van der Waals surface area contributed by atoms with Crippen LogP contribution >= 0.6 is 0 Å². The van der Waals surface area contributed by atoms with Crippen molar-refractivity contribution in [3.63, 3.8) is 0 Å². The van der Waals surface area contributed by atoms with Gasteiger partial charge < -0.3 is 0 Å². The largest absolute Gasteiger partial charge is 0.503 e. The number of nitrogens with zero attached hydrogens (tertiary/aromatic N) is 5. The van der Waals surface area contributed by atoms with Gasteiger partial charge >= 0.3 is 6.01 Å². The summed E-state index contributed by atoms with van der Waals surface area (Å²) in [5.74, 6) is -3.08. The van der Waals surface area contributed by atoms with Gasteiger partial charge in [0.1, 0.15) is 5.82 Å². The molecular formula is C56H47F2N5+2. The zero-order valence-electron chi connectivity index (χ0n) is 45.5. The molecule has 3 aromatic heterocycles. The van der Waals surface area contributed by atoms with Gasteiger partial charge in [-0.15, -0.1) is 0 Å². The molecule has 0 N–H and O–H groups in total. The summed E-state index contributed by atoms with van der Waals surface area (Å²) >= 11 is 0. The Morgan fingerprint density at radius 2 is 1.17 bits per heavy atom. The van der Waals surface area contributed by atoms with Gasteiger partial charge in [-0.2, -0.15) is 8.78 Å². The van der Waals surface area contributed by atoms with Crippen LogP contribution in [0.5, 0.6) is 0 Å². The molecule has 0 unspecified atom stereocenters. The number of alkyl halides is 2. The Bertz CT molecular complexity index is 3780. The van der Waals surface area contributed by atoms with Crippen LogP contribution in [-0.4, -0.2) is 20.5 Å². The van der Waals surface area contributed by atoms with Gasteiger partial charge in [0, 0.05) is 53.2 Å². The van der Waals surface area contributed by atoms with Crippen LogP contribution in [0.25, 0.3) is 50.0 Å². The Balaban J connectivity index is 1.25. The number of hydrogen-bond donors (Lipinski definition) is 0. The summed E-state index contributed by atoms with van der Waals surface area (Å²) in [5, 5.41) is 0.776. The molecular weight excluding hydrogens is 781 g/mol. The monoisotopic (exact) mass is 837 g/mol. The van der Waals surface area contributed by atoms with Crippen LogP contribution in [0.3, 0.4) is 0 Å². The summed E-state index contributed by atoms with van der Waals surface area (Å²) in [5.41, 5.74) is 2.59. The predicted molar refractivity (Wildman–Crippen MR) is 255 cm³/mol. The maximum absolute atomic E-state index is 17.8. The Morgan fingerprint density at radius 3 is 1.83 bits per heavy atom. The minimum absolute atomic E-state index is 0.0572. The zero-order chi connectivity index (χ0) is 52.4. The van der Waals surface area contributed by atoms with Crippen molar-refractivity contribution in [3.8, 4) is 28.1 Å². The molecule has 9 aromatic rings. The molecule has 0 spiro atoms. The van der Waals surface area contributed by atoms with E-state index < -0.39 is 71.8 Å². The first-order valence-corrected chi connectivity index (χ1v) is 20.6. The number of para-hydroxylation sites is 4. The smallest absolute Gasteiger partial charge is 0.292 e. The number of aromatic nitrogens is 3. The minimum atomic E-state index is -3.64. The molecule has 0 saturated carbocycles. The fourth-order valence-corrected chi connectivity index (χ4v) is 8.15. The maximum atomic E-state index is 17.8. The highest BCUT2D eigenvalue weighted by atomic mass is 19.3. The number of pyridine rings is 2. The van der Waals surface area contributed by atoms with Crippen LogP contribution in [0, 0.1) is 0 Å². The number of hydrogen-bond acceptors (Lipinski definition) is 2. The van der Waals surface area contributed by atoms with E-state index in [0.717, 1.165) is 16.5 Å². The van der Waals surface area contributed by atoms with Crippen LogP contribution in [0.15, 0.2) is 176 Å². The van der Waals surface area contributed by atoms with Gasteiger partial charge in [0.05, 0.1) is 41.4 Å². The van der Waals surface area contributed by atoms with Crippen LogP contribution < -0.4 is 9.15 Å². The topological polar surface area (TPSA) is 36.7 Å². The maximum Gasteiger partial charge on any atom is 0.503 e. The van der Waals surface area contributed by atoms with E-state index >= 15 is 8.78 Å². The second-order valence-electron chi connectivity index (χ2n) is 17.7. The van der Waals surface area contributed by atoms with Crippen molar-refractivity contribution in [2.75, 3.05) is 0 Å². The van der Waals surface area contributed by atoms with Gasteiger partial charge in [0.2, 0.25) is 11.4 Å². The van der Waals surface area contributed by atoms with E-state index in [-0.39, 0.29) is 50.2 Å². The second-order valence-corrected chi connectivity index (χ2v) is 17.7. The third-order valence-corrected chi connectivity index (χ3v) is 11.5. The van der Waals surface area contributed by atoms with Gasteiger partial charge in [-0.3, -0.25) is 9.55 Å². The summed E-state index contributed by atoms with van der Waals surface area (Å²) < 4.78 is 128. The third kappa shape index (κ3) is 6.95. The van der Waals surface area contributed by atoms with E-state index in [1.54, 1.807) is 41.1 Å². The fourth-order valence-electron chi connectivity index (χ4n) is 8.15. The summed E-state index contributed by atoms with van der Waals surface area (Å²) in [6.07, 6.45) is 2.93. The predicted octanol–water partition coefficient (Wildman–Crippen LogP) is 14.5. The first-order valence-electron chi connectivity index (χ1n) is 25.6. The first kappa shape index (κ1) is 29.8. The van der Waals surface area contributed by atoms with Gasteiger partial charge in [0.25, 0.3) is 17.3 Å². The summed E-state index contributed by atoms with van der Waals surface area (Å²) in [6, 6.07) is 26.7. The zero-order valence-corrected chi connectivity index (χ0v) is 35.5. The number of benzene rings is 6. The summed E-state index contributed by atoms with van der Waals surface area (Å²) in [6.45, 7) is 12.0. The van der Waals surface area contributed by atoms with Gasteiger partial charge in [-0.25, -0.2) is 4.98 Å². The summed E-state index contributed by atoms with van der Waals surface area (Å²) in [7, 11) is 0. The highest BCUT2D eigenvalue weighted by Crippen LogP contribution is 2.46. The molecule has 0 saturated heterocycles. The minimum Gasteiger partial charge on any atom is -0.292 e. The van der Waals surface area contributed by atoms with Crippen molar-refractivity contribution in [2.24, 2.45) is 0 Å². The van der Waals surface area contributed by atoms with Crippen molar-refractivity contribution in [1.29, 1.82) is 0 Å². The van der Waals surface area contributed by atoms with E-state index in [1.165, 1.54) is 47.2 Å². The molecule has 0 amide bonds. The number of rotatable bonds is 7. The molecule has 0 bridgehead atoms. The molecule has 1 aliphatic heterocycles. The van der Waals surface area contributed by atoms with Crippen molar-refractivity contribution in [3.05, 3.63) is 198 Å². The van der Waals surface area contributed by atoms with Gasteiger partial charge in [-0.1, -0.05) is 138 Å². The molecule has 0 atom stereocenters. The van der Waals surface area contributed by atoms with Crippen molar-refractivity contribution >= 4 is 50.7 Å². The average molecular weight is 838 g/mol. The van der Waals surface area contributed by atoms with E-state index in [2.05, 4.69) is 26.8 Å². The molecule has 0 radical (unpaired) electrons. The molecule has 308 valence electrons. The molecule has 1 aliphatic rings. The van der Waals surface area contributed by atoms with Crippen molar-refractivity contribution in [1.82, 2.24) is 23.7 Å². The molecule has 63 heavy (non-hydrogen) atoms. The molecule has 6 aromatic carbocycles. The molecule has 4 heterocycles. The molecule has 0 fully saturated rings. The highest BCUT2D eigenvalue weighted by molar-refractivity contribution is 6.07. The highest BCUT2D eigenvalue weighted by Gasteiger charge is 2.42. The molecule has 0 aliphatic carbocycles. The number of fused-ring (bicyclic) bond motifs is 4. The average Bonchev–Trinajstić information content (AvgIpc) is 3.92. The second kappa shape index (κ2) is 14.9. The Morgan fingerprint density at radius 1 is 0.571 bits per heavy atom. The normalized spacial score (nSPS) is 15.2. The number of halogens is 2. The lowest BCUT2D eigenvalue weighted by Gasteiger charge is -2.23. The van der Waals surface area contributed by atoms with E-state index in [0.29, 0.717) is 33.8 Å². The molecule has 5 nitrogen and oxygen atoms in total. The van der Waals surface area contributed by atoms with Crippen LogP contribution in [0.1, 0.15) is 77.5 Å². The Labute approximate surface area is 380 Å². The van der Waals surface area contributed by atoms with Crippen LogP contribution in [0.2, 0.25) is 0 Å². The van der Waals surface area contributed by atoms with Crippen LogP contribution in [-0.2, 0) is 16.8 Å². The van der Waals surface area contributed by atoms with Gasteiger partial charge in [0.15, 0.2) is 0 Å². The Kier molecular flexibility index (Phi) is 7.07. The van der Waals surface area contributed by atoms with Gasteiger partial charge in [-0.05, 0) is 84.7 Å². The lowest BCUT2D eigenvalue weighted by atomic mass is 9.84. The lowest BCUT2D eigenvalue weighted by molar-refractivity contribution is 0.0425. The van der Waals surface area contributed by atoms with Crippen LogP contribution in [0.4, 0.5) is 31.5 Å². The first-order chi connectivity index (χ1) is 34.4. The SMILES string of the molecule is [2H]c1c([2H])c([2H])c(-c2cccc(-c3c([2H])c([2H])c([2H])c([2H])c3[2H])c2[N+]2=C=[N+](c3cc(C(C)(C)C)cc(C(F)(F)c4cnc5c6ccccc6n(-c6cc(C(C)(C)C)ccn6)c5c4)c3)c3ccccc32)c([2H])c1[2H]. The van der Waals surface area contributed by atoms with Crippen molar-refractivity contribution in [2.45, 2.75) is 58.3 Å². The summed E-state index contributed by atoms with van der Waals surface area (Å²) in [4.78, 5) is 9.42. The van der Waals surface area contributed by atoms with Crippen molar-refractivity contribution < 1.29 is 22.5 Å². The quantitative estimate of drug-likeness (QED) is 0.150. The third-order valence-electron chi connectivity index (χ3n) is 11.5. The lowest BCUT2D eigenvalue weighted by Crippen LogP contribution is -2.19. The van der Waals surface area contributed by atoms with E-state index in [9.17, 15) is 0 Å². The standard InChI is InChI=1S/C56H47F2N5/c1-54(2,3)39-28-29-59-51(34-39)63-47-25-14-13-22-46(47)52-50(63)33-42(35-60-52)56(57,58)41-30-40(55(4,5)6)31-43(32-41)61-36-62(49-27-16-15-26-48(49)61)53-44(37-18-9-7-10-19-37)23-17-24-45(53)38-20-11-8-12-21-38/h7-35H,1-6H3/q+2/i7D,8D,9D,10D,11D,12D,18D,19D,20D,21D. The van der Waals surface area contributed by atoms with E-state index in [4.69, 9.17) is 23.7 Å². The fraction of sp³-hybridized carbons (Fsp3) is 0.161. The Hall–Kier alpha value is -7.34. The molecule has 10 rings (SSSR count). The molecule has 7 heteroatoms.